The molecule has 0 unspecified atom stereocenters. The average Bonchev–Trinajstić information content (AvgIpc) is 4.29. The molecule has 2 heteroatoms. The third-order valence-corrected chi connectivity index (χ3v) is 16.2. The zero-order valence-corrected chi connectivity index (χ0v) is 43.9. The molecule has 0 aliphatic carbocycles. The maximum absolute atomic E-state index is 2.44. The highest BCUT2D eigenvalue weighted by atomic mass is 15.0. The standard InChI is InChI=1S/C78H52N2/c1-5-17-53(18-6-1)57-37-43-67(44-38-57)79-73-47-41-63(51-71(73)77-69(29-15-31-75(77)79)65-27-13-25-61(49-65)55-21-9-3-10-22-55)59-33-35-60(36-34-59)64-42-48-74-72(52-64)78-70(66-28-14-26-62(50-66)56-23-11-4-12-24-56)30-16-32-76(78)80(74)68-45-39-58(40-46-68)54-19-7-2-8-20-54/h1-52H. The van der Waals surface area contributed by atoms with Gasteiger partial charge in [0.15, 0.2) is 0 Å². The number of benzene rings is 13. The molecule has 0 radical (unpaired) electrons. The number of fused-ring (bicyclic) bond motifs is 6. The van der Waals surface area contributed by atoms with Crippen molar-refractivity contribution >= 4 is 43.6 Å². The summed E-state index contributed by atoms with van der Waals surface area (Å²) in [7, 11) is 0. The lowest BCUT2D eigenvalue weighted by Crippen LogP contribution is -1.94. The van der Waals surface area contributed by atoms with E-state index in [0.717, 1.165) is 11.4 Å². The molecule has 2 aromatic heterocycles. The lowest BCUT2D eigenvalue weighted by Gasteiger charge is -2.11. The Hall–Kier alpha value is -10.5. The van der Waals surface area contributed by atoms with Gasteiger partial charge < -0.3 is 9.13 Å². The summed E-state index contributed by atoms with van der Waals surface area (Å²) in [4.78, 5) is 0. The average molecular weight is 1020 g/mol. The molecule has 0 N–H and O–H groups in total. The first-order chi connectivity index (χ1) is 39.7. The second kappa shape index (κ2) is 19.8. The molecule has 0 aliphatic rings. The maximum atomic E-state index is 2.44. The van der Waals surface area contributed by atoms with E-state index in [1.165, 1.54) is 133 Å². The van der Waals surface area contributed by atoms with Crippen LogP contribution in [0.2, 0.25) is 0 Å². The number of aromatic nitrogens is 2. The van der Waals surface area contributed by atoms with Crippen LogP contribution >= 0.6 is 0 Å². The van der Waals surface area contributed by atoms with Gasteiger partial charge in [0.05, 0.1) is 22.1 Å². The summed E-state index contributed by atoms with van der Waals surface area (Å²) in [5.41, 5.74) is 26.1. The maximum Gasteiger partial charge on any atom is 0.0547 e. The van der Waals surface area contributed by atoms with Gasteiger partial charge in [-0.2, -0.15) is 0 Å². The molecule has 2 nitrogen and oxygen atoms in total. The summed E-state index contributed by atoms with van der Waals surface area (Å²) in [6, 6.07) is 115. The van der Waals surface area contributed by atoms with Crippen LogP contribution in [0.25, 0.3) is 144 Å². The van der Waals surface area contributed by atoms with Gasteiger partial charge in [-0.05, 0) is 162 Å². The van der Waals surface area contributed by atoms with Crippen LogP contribution in [-0.4, -0.2) is 9.13 Å². The monoisotopic (exact) mass is 1020 g/mol. The first kappa shape index (κ1) is 46.7. The molecule has 0 aliphatic heterocycles. The highest BCUT2D eigenvalue weighted by Crippen LogP contribution is 2.44. The molecule has 15 aromatic rings. The van der Waals surface area contributed by atoms with Crippen LogP contribution in [0.3, 0.4) is 0 Å². The van der Waals surface area contributed by atoms with Crippen LogP contribution in [0, 0.1) is 0 Å². The normalized spacial score (nSPS) is 11.5. The van der Waals surface area contributed by atoms with Crippen molar-refractivity contribution in [3.05, 3.63) is 315 Å². The van der Waals surface area contributed by atoms with E-state index in [2.05, 4.69) is 325 Å². The molecule has 0 bridgehead atoms. The van der Waals surface area contributed by atoms with E-state index in [-0.39, 0.29) is 0 Å². The van der Waals surface area contributed by atoms with Crippen LogP contribution in [0.5, 0.6) is 0 Å². The predicted octanol–water partition coefficient (Wildman–Crippen LogP) is 21.2. The zero-order chi connectivity index (χ0) is 52.9. The summed E-state index contributed by atoms with van der Waals surface area (Å²) in [6.45, 7) is 0. The predicted molar refractivity (Wildman–Crippen MR) is 339 cm³/mol. The number of rotatable bonds is 10. The van der Waals surface area contributed by atoms with E-state index in [4.69, 9.17) is 0 Å². The molecule has 0 amide bonds. The number of nitrogens with zero attached hydrogens (tertiary/aromatic N) is 2. The van der Waals surface area contributed by atoms with Crippen molar-refractivity contribution in [2.24, 2.45) is 0 Å². The molecule has 0 saturated carbocycles. The fourth-order valence-corrected chi connectivity index (χ4v) is 12.3. The van der Waals surface area contributed by atoms with Crippen molar-refractivity contribution in [3.8, 4) is 100 Å². The van der Waals surface area contributed by atoms with E-state index in [1.807, 2.05) is 0 Å². The molecule has 0 spiro atoms. The molecule has 0 saturated heterocycles. The lowest BCUT2D eigenvalue weighted by molar-refractivity contribution is 1.18. The topological polar surface area (TPSA) is 9.86 Å². The van der Waals surface area contributed by atoms with Crippen molar-refractivity contribution in [1.29, 1.82) is 0 Å². The lowest BCUT2D eigenvalue weighted by atomic mass is 9.94. The second-order valence-electron chi connectivity index (χ2n) is 20.8. The van der Waals surface area contributed by atoms with Gasteiger partial charge in [-0.25, -0.2) is 0 Å². The Bertz CT molecular complexity index is 4440. The third kappa shape index (κ3) is 8.30. The highest BCUT2D eigenvalue weighted by Gasteiger charge is 2.20. The molecule has 13 aromatic carbocycles. The fraction of sp³-hybridized carbons (Fsp3) is 0. The quantitative estimate of drug-likeness (QED) is 0.129. The minimum absolute atomic E-state index is 1.13. The molecule has 0 fully saturated rings. The van der Waals surface area contributed by atoms with E-state index in [9.17, 15) is 0 Å². The smallest absolute Gasteiger partial charge is 0.0547 e. The van der Waals surface area contributed by atoms with Crippen molar-refractivity contribution in [2.75, 3.05) is 0 Å². The van der Waals surface area contributed by atoms with Gasteiger partial charge in [0.1, 0.15) is 0 Å². The van der Waals surface area contributed by atoms with E-state index < -0.39 is 0 Å². The van der Waals surface area contributed by atoms with Crippen molar-refractivity contribution in [2.45, 2.75) is 0 Å². The van der Waals surface area contributed by atoms with Gasteiger partial charge in [0, 0.05) is 32.9 Å². The van der Waals surface area contributed by atoms with E-state index >= 15 is 0 Å². The minimum atomic E-state index is 1.13. The Morgan fingerprint density at radius 1 is 0.163 bits per heavy atom. The van der Waals surface area contributed by atoms with Crippen LogP contribution in [0.4, 0.5) is 0 Å². The van der Waals surface area contributed by atoms with Crippen molar-refractivity contribution in [1.82, 2.24) is 9.13 Å². The molecular weight excluding hydrogens is 965 g/mol. The molecular formula is C78H52N2. The SMILES string of the molecule is c1ccc(-c2ccc(-n3c4ccc(-c5ccc(-c6ccc7c(c6)c6c(-c8cccc(-c9ccccc9)c8)cccc6n7-c6ccc(-c7ccccc7)cc6)cc5)cc4c4c(-c5cccc(-c6ccccc6)c5)cccc43)cc2)cc1. The third-order valence-electron chi connectivity index (χ3n) is 16.2. The molecule has 80 heavy (non-hydrogen) atoms. The highest BCUT2D eigenvalue weighted by molar-refractivity contribution is 6.18. The Balaban J connectivity index is 0.850. The number of hydrogen-bond acceptors (Lipinski definition) is 0. The van der Waals surface area contributed by atoms with Gasteiger partial charge >= 0.3 is 0 Å². The zero-order valence-electron chi connectivity index (χ0n) is 43.9. The Morgan fingerprint density at radius 2 is 0.425 bits per heavy atom. The summed E-state index contributed by atoms with van der Waals surface area (Å²) in [5, 5.41) is 4.92. The second-order valence-corrected chi connectivity index (χ2v) is 20.8. The van der Waals surface area contributed by atoms with E-state index in [0.29, 0.717) is 0 Å². The van der Waals surface area contributed by atoms with Crippen LogP contribution in [-0.2, 0) is 0 Å². The van der Waals surface area contributed by atoms with Crippen LogP contribution in [0.15, 0.2) is 315 Å². The van der Waals surface area contributed by atoms with Crippen LogP contribution in [0.1, 0.15) is 0 Å². The first-order valence-electron chi connectivity index (χ1n) is 27.6. The molecule has 0 atom stereocenters. The van der Waals surface area contributed by atoms with Gasteiger partial charge in [-0.3, -0.25) is 0 Å². The summed E-state index contributed by atoms with van der Waals surface area (Å²) in [5.74, 6) is 0. The Morgan fingerprint density at radius 3 is 0.800 bits per heavy atom. The summed E-state index contributed by atoms with van der Waals surface area (Å²) in [6.07, 6.45) is 0. The van der Waals surface area contributed by atoms with Gasteiger partial charge in [-0.1, -0.05) is 243 Å². The summed E-state index contributed by atoms with van der Waals surface area (Å²) >= 11 is 0. The summed E-state index contributed by atoms with van der Waals surface area (Å²) < 4.78 is 4.88. The van der Waals surface area contributed by atoms with Crippen LogP contribution < -0.4 is 0 Å². The Labute approximate surface area is 466 Å². The van der Waals surface area contributed by atoms with Gasteiger partial charge in [0.2, 0.25) is 0 Å². The molecule has 374 valence electrons. The van der Waals surface area contributed by atoms with Crippen molar-refractivity contribution in [3.63, 3.8) is 0 Å². The van der Waals surface area contributed by atoms with Crippen molar-refractivity contribution < 1.29 is 0 Å². The number of hydrogen-bond donors (Lipinski definition) is 0. The Kier molecular flexibility index (Phi) is 11.6. The first-order valence-corrected chi connectivity index (χ1v) is 27.6. The van der Waals surface area contributed by atoms with Gasteiger partial charge in [-0.15, -0.1) is 0 Å². The largest absolute Gasteiger partial charge is 0.309 e. The van der Waals surface area contributed by atoms with Gasteiger partial charge in [0.25, 0.3) is 0 Å². The fourth-order valence-electron chi connectivity index (χ4n) is 12.3. The molecule has 15 rings (SSSR count). The molecule has 2 heterocycles. The van der Waals surface area contributed by atoms with E-state index in [1.54, 1.807) is 0 Å². The minimum Gasteiger partial charge on any atom is -0.309 e.